The molecule has 0 unspecified atom stereocenters. The largest absolute Gasteiger partial charge is 0.346 e. The van der Waals surface area contributed by atoms with Gasteiger partial charge in [0.1, 0.15) is 0 Å². The van der Waals surface area contributed by atoms with Gasteiger partial charge in [-0.2, -0.15) is 0 Å². The summed E-state index contributed by atoms with van der Waals surface area (Å²) in [5, 5.41) is 2.99. The lowest BCUT2D eigenvalue weighted by atomic mass is 9.86. The van der Waals surface area contributed by atoms with E-state index in [0.717, 1.165) is 5.56 Å². The van der Waals surface area contributed by atoms with Gasteiger partial charge in [-0.1, -0.05) is 45.0 Å². The van der Waals surface area contributed by atoms with Gasteiger partial charge in [-0.05, 0) is 54.7 Å². The zero-order chi connectivity index (χ0) is 21.1. The molecule has 1 N–H and O–H groups in total. The molecule has 0 aliphatic carbocycles. The molecular formula is C22H30N2O3S. The average molecular weight is 403 g/mol. The fourth-order valence-corrected chi connectivity index (χ4v) is 3.64. The van der Waals surface area contributed by atoms with E-state index >= 15 is 0 Å². The van der Waals surface area contributed by atoms with Gasteiger partial charge < -0.3 is 5.32 Å². The number of sulfonamides is 1. The van der Waals surface area contributed by atoms with Gasteiger partial charge in [-0.3, -0.25) is 9.10 Å². The first kappa shape index (κ1) is 22.0. The van der Waals surface area contributed by atoms with Crippen LogP contribution in [-0.4, -0.2) is 27.1 Å². The van der Waals surface area contributed by atoms with E-state index in [1.54, 1.807) is 31.2 Å². The number of carbonyl (C=O) groups is 1. The van der Waals surface area contributed by atoms with Crippen LogP contribution in [0.2, 0.25) is 0 Å². The van der Waals surface area contributed by atoms with Crippen LogP contribution in [0.25, 0.3) is 0 Å². The molecule has 0 saturated heterocycles. The molecular weight excluding hydrogens is 372 g/mol. The standard InChI is InChI=1S/C22H30N2O3S/c1-7-28(26,27)24(6)20-14-10-18(11-15-20)21(25)23-16(2)17-8-12-19(13-9-17)22(3,4)5/h8-16H,7H2,1-6H3,(H,23,25)/t16-/m1/s1. The SMILES string of the molecule is CCS(=O)(=O)N(C)c1ccc(C(=O)N[C@H](C)c2ccc(C(C)(C)C)cc2)cc1. The number of hydrogen-bond acceptors (Lipinski definition) is 3. The number of hydrogen-bond donors (Lipinski definition) is 1. The molecule has 1 amide bonds. The predicted molar refractivity (Wildman–Crippen MR) is 115 cm³/mol. The van der Waals surface area contributed by atoms with Crippen molar-refractivity contribution in [3.05, 3.63) is 65.2 Å². The van der Waals surface area contributed by atoms with E-state index in [-0.39, 0.29) is 23.1 Å². The first-order valence-electron chi connectivity index (χ1n) is 9.43. The summed E-state index contributed by atoms with van der Waals surface area (Å²) in [7, 11) is -1.81. The summed E-state index contributed by atoms with van der Waals surface area (Å²) in [6.07, 6.45) is 0. The molecule has 152 valence electrons. The summed E-state index contributed by atoms with van der Waals surface area (Å²) in [6, 6.07) is 14.7. The second-order valence-electron chi connectivity index (χ2n) is 7.98. The lowest BCUT2D eigenvalue weighted by Gasteiger charge is -2.21. The summed E-state index contributed by atoms with van der Waals surface area (Å²) < 4.78 is 25.1. The van der Waals surface area contributed by atoms with Crippen molar-refractivity contribution in [2.24, 2.45) is 0 Å². The molecule has 5 nitrogen and oxygen atoms in total. The second-order valence-corrected chi connectivity index (χ2v) is 10.3. The third-order valence-corrected chi connectivity index (χ3v) is 6.67. The highest BCUT2D eigenvalue weighted by atomic mass is 32.2. The highest BCUT2D eigenvalue weighted by Crippen LogP contribution is 2.24. The fourth-order valence-electron chi connectivity index (χ4n) is 2.81. The molecule has 6 heteroatoms. The molecule has 0 aliphatic heterocycles. The Labute approximate surface area is 168 Å². The van der Waals surface area contributed by atoms with Crippen molar-refractivity contribution in [3.63, 3.8) is 0 Å². The van der Waals surface area contributed by atoms with Crippen molar-refractivity contribution in [3.8, 4) is 0 Å². The molecule has 0 saturated carbocycles. The topological polar surface area (TPSA) is 66.5 Å². The molecule has 0 aliphatic rings. The van der Waals surface area contributed by atoms with Crippen molar-refractivity contribution < 1.29 is 13.2 Å². The van der Waals surface area contributed by atoms with Crippen LogP contribution >= 0.6 is 0 Å². The summed E-state index contributed by atoms with van der Waals surface area (Å²) in [6.45, 7) is 10.0. The van der Waals surface area contributed by atoms with Gasteiger partial charge in [-0.15, -0.1) is 0 Å². The third-order valence-electron chi connectivity index (χ3n) is 4.90. The van der Waals surface area contributed by atoms with Crippen LogP contribution in [-0.2, 0) is 15.4 Å². The number of anilines is 1. The van der Waals surface area contributed by atoms with Crippen molar-refractivity contribution in [2.75, 3.05) is 17.1 Å². The maximum atomic E-state index is 12.5. The normalized spacial score (nSPS) is 13.1. The minimum atomic E-state index is -3.32. The molecule has 0 heterocycles. The zero-order valence-corrected chi connectivity index (χ0v) is 18.3. The van der Waals surface area contributed by atoms with E-state index in [2.05, 4.69) is 38.2 Å². The van der Waals surface area contributed by atoms with Crippen LogP contribution in [0.15, 0.2) is 48.5 Å². The summed E-state index contributed by atoms with van der Waals surface area (Å²) in [5.41, 5.74) is 3.39. The van der Waals surface area contributed by atoms with Crippen molar-refractivity contribution >= 4 is 21.6 Å². The molecule has 0 radical (unpaired) electrons. The molecule has 28 heavy (non-hydrogen) atoms. The molecule has 2 aromatic carbocycles. The quantitative estimate of drug-likeness (QED) is 0.785. The highest BCUT2D eigenvalue weighted by Gasteiger charge is 2.18. The number of amides is 1. The first-order valence-corrected chi connectivity index (χ1v) is 11.0. The number of nitrogens with one attached hydrogen (secondary N) is 1. The van der Waals surface area contributed by atoms with Crippen LogP contribution in [0.4, 0.5) is 5.69 Å². The van der Waals surface area contributed by atoms with E-state index < -0.39 is 10.0 Å². The molecule has 0 bridgehead atoms. The molecule has 1 atom stereocenters. The van der Waals surface area contributed by atoms with Crippen molar-refractivity contribution in [2.45, 2.75) is 46.1 Å². The Hall–Kier alpha value is -2.34. The van der Waals surface area contributed by atoms with Gasteiger partial charge in [0.15, 0.2) is 0 Å². The van der Waals surface area contributed by atoms with E-state index in [1.165, 1.54) is 16.9 Å². The third kappa shape index (κ3) is 5.13. The Morgan fingerprint density at radius 1 is 1.04 bits per heavy atom. The van der Waals surface area contributed by atoms with Gasteiger partial charge in [0.05, 0.1) is 17.5 Å². The number of nitrogens with zero attached hydrogens (tertiary/aromatic N) is 1. The molecule has 0 fully saturated rings. The van der Waals surface area contributed by atoms with E-state index in [0.29, 0.717) is 11.3 Å². The van der Waals surface area contributed by atoms with Crippen LogP contribution in [0, 0.1) is 0 Å². The van der Waals surface area contributed by atoms with Crippen molar-refractivity contribution in [1.82, 2.24) is 5.32 Å². The Morgan fingerprint density at radius 2 is 1.57 bits per heavy atom. The van der Waals surface area contributed by atoms with Gasteiger partial charge >= 0.3 is 0 Å². The second kappa shape index (κ2) is 8.35. The smallest absolute Gasteiger partial charge is 0.251 e. The van der Waals surface area contributed by atoms with Gasteiger partial charge in [0.25, 0.3) is 5.91 Å². The van der Waals surface area contributed by atoms with E-state index in [9.17, 15) is 13.2 Å². The van der Waals surface area contributed by atoms with E-state index in [1.807, 2.05) is 19.1 Å². The Morgan fingerprint density at radius 3 is 2.04 bits per heavy atom. The van der Waals surface area contributed by atoms with Gasteiger partial charge in [0, 0.05) is 12.6 Å². The number of benzene rings is 2. The molecule has 0 spiro atoms. The van der Waals surface area contributed by atoms with Gasteiger partial charge in [-0.25, -0.2) is 8.42 Å². The van der Waals surface area contributed by atoms with Crippen LogP contribution in [0.5, 0.6) is 0 Å². The highest BCUT2D eigenvalue weighted by molar-refractivity contribution is 7.92. The van der Waals surface area contributed by atoms with Crippen LogP contribution in [0.1, 0.15) is 62.1 Å². The minimum absolute atomic E-state index is 0.0251. The lowest BCUT2D eigenvalue weighted by molar-refractivity contribution is 0.0940. The maximum absolute atomic E-state index is 12.5. The van der Waals surface area contributed by atoms with Crippen LogP contribution in [0.3, 0.4) is 0 Å². The Bertz CT molecular complexity index is 912. The molecule has 0 aromatic heterocycles. The first-order chi connectivity index (χ1) is 13.0. The summed E-state index contributed by atoms with van der Waals surface area (Å²) in [5.74, 6) is -0.169. The van der Waals surface area contributed by atoms with E-state index in [4.69, 9.17) is 0 Å². The monoisotopic (exact) mass is 402 g/mol. The van der Waals surface area contributed by atoms with Crippen LogP contribution < -0.4 is 9.62 Å². The Balaban J connectivity index is 2.08. The Kier molecular flexibility index (Phi) is 6.55. The van der Waals surface area contributed by atoms with Crippen molar-refractivity contribution in [1.29, 1.82) is 0 Å². The zero-order valence-electron chi connectivity index (χ0n) is 17.5. The average Bonchev–Trinajstić information content (AvgIpc) is 2.66. The minimum Gasteiger partial charge on any atom is -0.346 e. The maximum Gasteiger partial charge on any atom is 0.251 e. The lowest BCUT2D eigenvalue weighted by Crippen LogP contribution is -2.28. The number of rotatable bonds is 6. The van der Waals surface area contributed by atoms with Gasteiger partial charge in [0.2, 0.25) is 10.0 Å². The molecule has 2 aromatic rings. The fraction of sp³-hybridized carbons (Fsp3) is 0.409. The number of carbonyl (C=O) groups excluding carboxylic acids is 1. The summed E-state index contributed by atoms with van der Waals surface area (Å²) in [4.78, 5) is 12.5. The molecule has 2 rings (SSSR count). The summed E-state index contributed by atoms with van der Waals surface area (Å²) >= 11 is 0. The predicted octanol–water partition coefficient (Wildman–Crippen LogP) is 4.26.